The molecule has 0 saturated heterocycles. The SMILES string of the molecule is CC(C)(C)C(C(C)(C)C)(C(C)(C)C)C(C)(C)C.CC(C)(C)C(C(C)(C)C)C(C)(C)C.CC(C)(C)CC(C(C)(C)C)C(C)(C)C.CC(C)(C)CC(C(C)(C)C)C(C)(C)C.CC(C)(C)CC(CC(C)(C)C)C(C)(C)C.CC(C)(C)CC(CC(C)(C)C)C(C)(C)C.CC(C)(C)CCC(C(C)(C)C)C(C)(C)C.CC(C)(C)N(C(C)(C)C)C(C)(C)C. The van der Waals surface area contributed by atoms with E-state index in [9.17, 15) is 0 Å². The Morgan fingerprint density at radius 2 is 0.302 bits per heavy atom. The molecule has 0 bridgehead atoms. The summed E-state index contributed by atoms with van der Waals surface area (Å²) in [6.07, 6.45) is 10.6. The Balaban J connectivity index is -0.000000192. The molecule has 1 nitrogen and oxygen atoms in total. The molecule has 0 fully saturated rings. The third kappa shape index (κ3) is 59.8. The van der Waals surface area contributed by atoms with Gasteiger partial charge in [-0.15, -0.1) is 0 Å². The van der Waals surface area contributed by atoms with Crippen molar-refractivity contribution in [1.82, 2.24) is 4.90 Å². The van der Waals surface area contributed by atoms with Gasteiger partial charge in [0.05, 0.1) is 0 Å². The minimum absolute atomic E-state index is 0.219. The summed E-state index contributed by atoms with van der Waals surface area (Å²) in [5.74, 6) is 4.71. The fourth-order valence-electron chi connectivity index (χ4n) is 25.8. The fraction of sp³-hybridized carbons (Fsp3) is 1.00. The summed E-state index contributed by atoms with van der Waals surface area (Å²) in [5, 5.41) is 0. The number of hydrogen-bond acceptors (Lipinski definition) is 1. The molecule has 0 aliphatic rings. The van der Waals surface area contributed by atoms with Gasteiger partial charge in [0.1, 0.15) is 0 Å². The normalized spacial score (nSPS) is 15.2. The highest BCUT2D eigenvalue weighted by molar-refractivity contribution is 5.11. The molecule has 1 heteroatoms. The Kier molecular flexibility index (Phi) is 49.5. The maximum absolute atomic E-state index is 2.56. The van der Waals surface area contributed by atoms with Crippen LogP contribution in [0.25, 0.3) is 0 Å². The van der Waals surface area contributed by atoms with Crippen LogP contribution < -0.4 is 0 Å². The van der Waals surface area contributed by atoms with Crippen LogP contribution in [0, 0.1) is 160 Å². The van der Waals surface area contributed by atoms with Gasteiger partial charge in [-0.1, -0.05) is 457 Å². The smallest absolute Gasteiger partial charge is 0.0135 e. The average molecular weight is 1640 g/mol. The Morgan fingerprint density at radius 3 is 0.353 bits per heavy atom. The lowest BCUT2D eigenvalue weighted by atomic mass is 9.37. The summed E-state index contributed by atoms with van der Waals surface area (Å²) < 4.78 is 0. The van der Waals surface area contributed by atoms with Crippen LogP contribution in [0.5, 0.6) is 0 Å². The largest absolute Gasteiger partial charge is 0.289 e. The standard InChI is InChI=1S/C17H36.3C15H32.2C14H30.C13H28.C12H27N/c1-13(2,3)17(14(4,5)6,15(7,8)9)16(10,11)12;2*1-13(2,3)10-12(15(7,8)9)11-14(4,5)6;1-13(2,3)11-10-12(14(4,5)6)15(7,8)9;2*1-12(2,3)10-11(13(4,5)6)14(7,8)9;1-11(2,3)10(12(4,5)6)13(7,8)9;1-10(2,3)13(11(4,5)6)12(7,8)9/h1-12H3;3*12H,10-11H2,1-9H3;2*11H,10H2,1-9H3;10H,1-9H3;1-9H3. The van der Waals surface area contributed by atoms with Gasteiger partial charge in [-0.25, -0.2) is 0 Å². The maximum Gasteiger partial charge on any atom is 0.0135 e. The van der Waals surface area contributed by atoms with Crippen LogP contribution in [0.1, 0.15) is 571 Å². The lowest BCUT2D eigenvalue weighted by Gasteiger charge is -2.67. The Bertz CT molecular complexity index is 2220. The minimum Gasteiger partial charge on any atom is -0.289 e. The first-order valence-corrected chi connectivity index (χ1v) is 48.2. The van der Waals surface area contributed by atoms with Crippen LogP contribution in [-0.2, 0) is 0 Å². The molecule has 0 N–H and O–H groups in total. The Morgan fingerprint density at radius 1 is 0.155 bits per heavy atom. The number of hydrogen-bond donors (Lipinski definition) is 0. The first-order chi connectivity index (χ1) is 48.4. The van der Waals surface area contributed by atoms with E-state index in [2.05, 4.69) is 524 Å². The van der Waals surface area contributed by atoms with Gasteiger partial charge < -0.3 is 0 Å². The monoisotopic (exact) mass is 1640 g/mol. The van der Waals surface area contributed by atoms with Crippen LogP contribution in [-0.4, -0.2) is 21.5 Å². The highest BCUT2D eigenvalue weighted by Crippen LogP contribution is 2.69. The van der Waals surface area contributed by atoms with Crippen LogP contribution >= 0.6 is 0 Å². The van der Waals surface area contributed by atoms with E-state index >= 15 is 0 Å². The van der Waals surface area contributed by atoms with Gasteiger partial charge in [-0.3, -0.25) is 4.90 Å². The van der Waals surface area contributed by atoms with Crippen molar-refractivity contribution in [3.63, 3.8) is 0 Å². The first-order valence-electron chi connectivity index (χ1n) is 48.2. The second-order valence-corrected chi connectivity index (χ2v) is 65.8. The van der Waals surface area contributed by atoms with Crippen molar-refractivity contribution in [3.05, 3.63) is 0 Å². The van der Waals surface area contributed by atoms with Crippen molar-refractivity contribution in [1.29, 1.82) is 0 Å². The predicted octanol–water partition coefficient (Wildman–Crippen LogP) is 41.4. The molecule has 0 atom stereocenters. The molecule has 0 radical (unpaired) electrons. The van der Waals surface area contributed by atoms with E-state index in [1.165, 1.54) is 51.4 Å². The third-order valence-corrected chi connectivity index (χ3v) is 24.1. The zero-order chi connectivity index (χ0) is 97.7. The van der Waals surface area contributed by atoms with Crippen LogP contribution in [0.2, 0.25) is 0 Å². The summed E-state index contributed by atoms with van der Waals surface area (Å²) in [7, 11) is 0. The fourth-order valence-corrected chi connectivity index (χ4v) is 25.8. The predicted molar refractivity (Wildman–Crippen MR) is 549 cm³/mol. The minimum atomic E-state index is 0.219. The summed E-state index contributed by atoms with van der Waals surface area (Å²) in [6.45, 7) is 177. The second-order valence-electron chi connectivity index (χ2n) is 65.8. The molecule has 116 heavy (non-hydrogen) atoms. The Labute approximate surface area is 747 Å². The molecule has 0 aromatic carbocycles. The van der Waals surface area contributed by atoms with Crippen molar-refractivity contribution in [2.24, 2.45) is 160 Å². The molecule has 0 aliphatic heterocycles. The third-order valence-electron chi connectivity index (χ3n) is 24.1. The summed E-state index contributed by atoms with van der Waals surface area (Å²) in [6, 6.07) is 0. The van der Waals surface area contributed by atoms with Gasteiger partial charge in [0.2, 0.25) is 0 Å². The molecule has 0 heterocycles. The van der Waals surface area contributed by atoms with Crippen molar-refractivity contribution in [3.8, 4) is 0 Å². The molecule has 0 rings (SSSR count). The molecular formula is C115H247N. The first kappa shape index (κ1) is 131. The highest BCUT2D eigenvalue weighted by Gasteiger charge is 2.63. The topological polar surface area (TPSA) is 3.24 Å². The number of rotatable bonds is 8. The average Bonchev–Trinajstić information content (AvgIpc) is 0.700. The summed E-state index contributed by atoms with van der Waals surface area (Å²) in [4.78, 5) is 2.56. The molecular weight excluding hydrogens is 1400 g/mol. The molecule has 0 spiro atoms. The summed E-state index contributed by atoms with van der Waals surface area (Å²) in [5.41, 5.74) is 9.59. The summed E-state index contributed by atoms with van der Waals surface area (Å²) >= 11 is 0. The van der Waals surface area contributed by atoms with Crippen molar-refractivity contribution in [2.75, 3.05) is 0 Å². The van der Waals surface area contributed by atoms with Gasteiger partial charge >= 0.3 is 0 Å². The lowest BCUT2D eigenvalue weighted by Crippen LogP contribution is -2.61. The number of nitrogens with zero attached hydrogens (tertiary/aromatic N) is 1. The molecule has 0 unspecified atom stereocenters. The van der Waals surface area contributed by atoms with Gasteiger partial charge in [0, 0.05) is 16.6 Å². The van der Waals surface area contributed by atoms with Crippen LogP contribution in [0.3, 0.4) is 0 Å². The van der Waals surface area contributed by atoms with Gasteiger partial charge in [-0.05, 0) is 274 Å². The molecule has 0 aromatic heterocycles. The van der Waals surface area contributed by atoms with E-state index in [4.69, 9.17) is 0 Å². The van der Waals surface area contributed by atoms with Crippen molar-refractivity contribution in [2.45, 2.75) is 587 Å². The van der Waals surface area contributed by atoms with Crippen LogP contribution in [0.4, 0.5) is 0 Å². The molecule has 712 valence electrons. The van der Waals surface area contributed by atoms with Gasteiger partial charge in [0.25, 0.3) is 0 Å². The van der Waals surface area contributed by atoms with E-state index in [1.54, 1.807) is 0 Å². The zero-order valence-corrected chi connectivity index (χ0v) is 97.6. The molecule has 0 saturated carbocycles. The van der Waals surface area contributed by atoms with Gasteiger partial charge in [0.15, 0.2) is 0 Å². The Hall–Kier alpha value is -0.0400. The zero-order valence-electron chi connectivity index (χ0n) is 97.6. The van der Waals surface area contributed by atoms with Crippen LogP contribution in [0.15, 0.2) is 0 Å². The van der Waals surface area contributed by atoms with Crippen molar-refractivity contribution < 1.29 is 0 Å². The van der Waals surface area contributed by atoms with Gasteiger partial charge in [-0.2, -0.15) is 0 Å². The van der Waals surface area contributed by atoms with E-state index in [-0.39, 0.29) is 43.7 Å². The van der Waals surface area contributed by atoms with E-state index < -0.39 is 0 Å². The van der Waals surface area contributed by atoms with Crippen molar-refractivity contribution >= 4 is 0 Å². The molecule has 0 amide bonds. The van der Waals surface area contributed by atoms with E-state index in [1.807, 2.05) is 0 Å². The lowest BCUT2D eigenvalue weighted by molar-refractivity contribution is -0.196. The van der Waals surface area contributed by atoms with E-state index in [0.717, 1.165) is 35.5 Å². The second kappa shape index (κ2) is 43.6. The molecule has 0 aromatic rings. The quantitative estimate of drug-likeness (QED) is 0.234. The van der Waals surface area contributed by atoms with E-state index in [0.29, 0.717) is 97.5 Å². The maximum atomic E-state index is 2.56. The highest BCUT2D eigenvalue weighted by atomic mass is 15.3. The molecule has 0 aliphatic carbocycles.